The molecular weight excluding hydrogens is 303 g/mol. The Morgan fingerprint density at radius 1 is 1.14 bits per heavy atom. The highest BCUT2D eigenvalue weighted by Crippen LogP contribution is 2.31. The molecule has 0 atom stereocenters. The zero-order valence-electron chi connectivity index (χ0n) is 10.9. The van der Waals surface area contributed by atoms with Gasteiger partial charge in [-0.15, -0.1) is 11.8 Å². The number of nitrogens with one attached hydrogen (secondary N) is 2. The summed E-state index contributed by atoms with van der Waals surface area (Å²) in [5.41, 5.74) is 2.75. The highest BCUT2D eigenvalue weighted by atomic mass is 32.2. The van der Waals surface area contributed by atoms with Gasteiger partial charge in [0.1, 0.15) is 11.6 Å². The number of nitrogen functional groups attached to an aromatic ring is 1. The molecule has 0 radical (unpaired) electrons. The molecule has 0 bridgehead atoms. The first-order valence-corrected chi connectivity index (χ1v) is 6.99. The van der Waals surface area contributed by atoms with Gasteiger partial charge in [-0.2, -0.15) is 13.2 Å². The molecule has 0 aliphatic carbocycles. The van der Waals surface area contributed by atoms with Gasteiger partial charge in [0.2, 0.25) is 5.82 Å². The van der Waals surface area contributed by atoms with Crippen molar-refractivity contribution >= 4 is 29.1 Å². The van der Waals surface area contributed by atoms with Gasteiger partial charge in [0.25, 0.3) is 0 Å². The van der Waals surface area contributed by atoms with Crippen LogP contribution >= 0.6 is 11.8 Å². The first-order valence-electron chi connectivity index (χ1n) is 5.77. The Labute approximate surface area is 123 Å². The van der Waals surface area contributed by atoms with E-state index in [1.807, 2.05) is 18.4 Å². The van der Waals surface area contributed by atoms with Gasteiger partial charge in [-0.1, -0.05) is 12.1 Å². The number of benzene rings is 1. The monoisotopic (exact) mass is 315 g/mol. The van der Waals surface area contributed by atoms with Gasteiger partial charge in [0.05, 0.1) is 5.69 Å². The van der Waals surface area contributed by atoms with Crippen LogP contribution in [-0.4, -0.2) is 16.2 Å². The van der Waals surface area contributed by atoms with Gasteiger partial charge in [-0.3, -0.25) is 0 Å². The summed E-state index contributed by atoms with van der Waals surface area (Å²) in [5.74, 6) is 3.76. The van der Waals surface area contributed by atoms with Crippen LogP contribution in [0.4, 0.5) is 30.5 Å². The SMILES string of the molecule is CSc1ccccc1Nc1cc(NN)nc(C(F)(F)F)n1. The number of nitrogens with two attached hydrogens (primary N) is 1. The Morgan fingerprint density at radius 2 is 1.81 bits per heavy atom. The van der Waals surface area contributed by atoms with E-state index >= 15 is 0 Å². The molecule has 2 rings (SSSR count). The molecule has 1 heterocycles. The third-order valence-corrected chi connectivity index (χ3v) is 3.29. The molecule has 4 N–H and O–H groups in total. The lowest BCUT2D eigenvalue weighted by atomic mass is 10.3. The van der Waals surface area contributed by atoms with Crippen LogP contribution in [0, 0.1) is 0 Å². The van der Waals surface area contributed by atoms with Crippen LogP contribution in [0.25, 0.3) is 0 Å². The van der Waals surface area contributed by atoms with Crippen molar-refractivity contribution in [3.8, 4) is 0 Å². The minimum atomic E-state index is -4.65. The number of hydrogen-bond acceptors (Lipinski definition) is 6. The summed E-state index contributed by atoms with van der Waals surface area (Å²) in [5, 5.41) is 2.84. The van der Waals surface area contributed by atoms with E-state index in [0.717, 1.165) is 4.90 Å². The Balaban J connectivity index is 2.39. The maximum atomic E-state index is 12.7. The standard InChI is InChI=1S/C12H12F3N5S/c1-21-8-5-3-2-4-7(8)17-9-6-10(20-16)19-11(18-9)12(13,14)15/h2-6H,16H2,1H3,(H2,17,18,19,20). The summed E-state index contributed by atoms with van der Waals surface area (Å²) < 4.78 is 38.2. The molecule has 0 aliphatic heterocycles. The average molecular weight is 315 g/mol. The van der Waals surface area contributed by atoms with Crippen molar-refractivity contribution < 1.29 is 13.2 Å². The van der Waals surface area contributed by atoms with E-state index in [1.54, 1.807) is 12.1 Å². The highest BCUT2D eigenvalue weighted by Gasteiger charge is 2.35. The summed E-state index contributed by atoms with van der Waals surface area (Å²) in [6, 6.07) is 8.51. The minimum absolute atomic E-state index is 0.00627. The maximum Gasteiger partial charge on any atom is 0.451 e. The number of nitrogens with zero attached hydrogens (tertiary/aromatic N) is 2. The van der Waals surface area contributed by atoms with Gasteiger partial charge in [0, 0.05) is 11.0 Å². The van der Waals surface area contributed by atoms with E-state index in [1.165, 1.54) is 17.8 Å². The molecule has 0 saturated carbocycles. The number of anilines is 3. The molecule has 0 unspecified atom stereocenters. The molecule has 0 saturated heterocycles. The second-order valence-corrected chi connectivity index (χ2v) is 4.78. The number of para-hydroxylation sites is 1. The summed E-state index contributed by atoms with van der Waals surface area (Å²) >= 11 is 1.47. The molecule has 2 aromatic rings. The summed E-state index contributed by atoms with van der Waals surface area (Å²) in [6.07, 6.45) is -2.78. The minimum Gasteiger partial charge on any atom is -0.339 e. The molecule has 9 heteroatoms. The largest absolute Gasteiger partial charge is 0.451 e. The lowest BCUT2D eigenvalue weighted by molar-refractivity contribution is -0.144. The van der Waals surface area contributed by atoms with Crippen LogP contribution in [0.2, 0.25) is 0 Å². The van der Waals surface area contributed by atoms with E-state index in [4.69, 9.17) is 5.84 Å². The van der Waals surface area contributed by atoms with Crippen molar-refractivity contribution in [3.63, 3.8) is 0 Å². The van der Waals surface area contributed by atoms with Crippen LogP contribution in [0.3, 0.4) is 0 Å². The molecule has 5 nitrogen and oxygen atoms in total. The van der Waals surface area contributed by atoms with Crippen molar-refractivity contribution in [1.29, 1.82) is 0 Å². The summed E-state index contributed by atoms with van der Waals surface area (Å²) in [6.45, 7) is 0. The van der Waals surface area contributed by atoms with Gasteiger partial charge >= 0.3 is 6.18 Å². The van der Waals surface area contributed by atoms with E-state index in [0.29, 0.717) is 5.69 Å². The Morgan fingerprint density at radius 3 is 2.43 bits per heavy atom. The first-order chi connectivity index (χ1) is 9.94. The number of thioether (sulfide) groups is 1. The number of hydrazine groups is 1. The Bertz CT molecular complexity index is 633. The molecule has 0 spiro atoms. The van der Waals surface area contributed by atoms with Crippen LogP contribution in [0.1, 0.15) is 5.82 Å². The zero-order valence-corrected chi connectivity index (χ0v) is 11.7. The fourth-order valence-corrected chi connectivity index (χ4v) is 2.15. The van der Waals surface area contributed by atoms with Crippen LogP contribution in [0.15, 0.2) is 35.2 Å². The molecule has 0 aliphatic rings. The zero-order chi connectivity index (χ0) is 15.5. The van der Waals surface area contributed by atoms with Crippen LogP contribution < -0.4 is 16.6 Å². The topological polar surface area (TPSA) is 75.9 Å². The summed E-state index contributed by atoms with van der Waals surface area (Å²) in [7, 11) is 0. The maximum absolute atomic E-state index is 12.7. The molecule has 1 aromatic heterocycles. The van der Waals surface area contributed by atoms with E-state index < -0.39 is 12.0 Å². The van der Waals surface area contributed by atoms with Crippen molar-refractivity contribution in [2.75, 3.05) is 17.0 Å². The highest BCUT2D eigenvalue weighted by molar-refractivity contribution is 7.98. The Hall–Kier alpha value is -2.00. The number of halogens is 3. The van der Waals surface area contributed by atoms with Crippen molar-refractivity contribution in [2.45, 2.75) is 11.1 Å². The normalized spacial score (nSPS) is 11.3. The van der Waals surface area contributed by atoms with E-state index in [2.05, 4.69) is 20.7 Å². The predicted molar refractivity (Wildman–Crippen MR) is 76.3 cm³/mol. The predicted octanol–water partition coefficient (Wildman–Crippen LogP) is 3.25. The molecule has 21 heavy (non-hydrogen) atoms. The number of alkyl halides is 3. The van der Waals surface area contributed by atoms with E-state index in [-0.39, 0.29) is 11.6 Å². The van der Waals surface area contributed by atoms with Gasteiger partial charge in [-0.25, -0.2) is 15.8 Å². The third-order valence-electron chi connectivity index (χ3n) is 2.50. The van der Waals surface area contributed by atoms with Crippen LogP contribution in [0.5, 0.6) is 0 Å². The smallest absolute Gasteiger partial charge is 0.339 e. The van der Waals surface area contributed by atoms with E-state index in [9.17, 15) is 13.2 Å². The fourth-order valence-electron chi connectivity index (χ4n) is 1.60. The number of rotatable bonds is 4. The fraction of sp³-hybridized carbons (Fsp3) is 0.167. The molecular formula is C12H12F3N5S. The van der Waals surface area contributed by atoms with Gasteiger partial charge < -0.3 is 10.7 Å². The Kier molecular flexibility index (Phi) is 4.53. The molecule has 0 fully saturated rings. The molecule has 112 valence electrons. The average Bonchev–Trinajstić information content (AvgIpc) is 2.46. The first kappa shape index (κ1) is 15.4. The van der Waals surface area contributed by atoms with Crippen molar-refractivity contribution in [2.24, 2.45) is 5.84 Å². The third kappa shape index (κ3) is 3.76. The van der Waals surface area contributed by atoms with Crippen molar-refractivity contribution in [3.05, 3.63) is 36.2 Å². The van der Waals surface area contributed by atoms with Crippen molar-refractivity contribution in [1.82, 2.24) is 9.97 Å². The van der Waals surface area contributed by atoms with Gasteiger partial charge in [-0.05, 0) is 18.4 Å². The second-order valence-electron chi connectivity index (χ2n) is 3.93. The van der Waals surface area contributed by atoms with Gasteiger partial charge in [0.15, 0.2) is 0 Å². The number of aromatic nitrogens is 2. The summed E-state index contributed by atoms with van der Waals surface area (Å²) in [4.78, 5) is 7.64. The quantitative estimate of drug-likeness (QED) is 0.457. The van der Waals surface area contributed by atoms with Crippen LogP contribution in [-0.2, 0) is 6.18 Å². The molecule has 1 aromatic carbocycles. The lowest BCUT2D eigenvalue weighted by Crippen LogP contribution is -2.16. The second kappa shape index (κ2) is 6.19. The molecule has 0 amide bonds. The lowest BCUT2D eigenvalue weighted by Gasteiger charge is -2.13. The number of hydrogen-bond donors (Lipinski definition) is 3.